The van der Waals surface area contributed by atoms with Crippen LogP contribution < -0.4 is 0 Å². The summed E-state index contributed by atoms with van der Waals surface area (Å²) in [5.41, 5.74) is 1.000. The molecule has 1 aromatic carbocycles. The number of nitrogens with zero attached hydrogens (tertiary/aromatic N) is 3. The molecule has 0 radical (unpaired) electrons. The Kier molecular flexibility index (Phi) is 3.76. The molecule has 1 saturated carbocycles. The number of rotatable bonds is 5. The smallest absolute Gasteiger partial charge is 0.137 e. The van der Waals surface area contributed by atoms with Crippen molar-refractivity contribution in [2.75, 3.05) is 0 Å². The van der Waals surface area contributed by atoms with Gasteiger partial charge in [0.25, 0.3) is 0 Å². The van der Waals surface area contributed by atoms with Crippen molar-refractivity contribution in [1.82, 2.24) is 14.8 Å². The van der Waals surface area contributed by atoms with Gasteiger partial charge in [0.1, 0.15) is 18.7 Å². The molecule has 3 rings (SSSR count). The average molecular weight is 292 g/mol. The van der Waals surface area contributed by atoms with Crippen molar-refractivity contribution in [3.8, 4) is 0 Å². The molecule has 1 aliphatic carbocycles. The minimum atomic E-state index is -0.481. The minimum absolute atomic E-state index is 0.217. The van der Waals surface area contributed by atoms with E-state index in [1.807, 2.05) is 24.3 Å². The molecule has 0 saturated heterocycles. The Morgan fingerprint density at radius 2 is 2.00 bits per heavy atom. The van der Waals surface area contributed by atoms with Gasteiger partial charge < -0.3 is 5.11 Å². The zero-order valence-electron chi connectivity index (χ0n) is 11.4. The Bertz CT molecular complexity index is 551. The van der Waals surface area contributed by atoms with Crippen molar-refractivity contribution in [2.45, 2.75) is 31.9 Å². The van der Waals surface area contributed by atoms with Crippen molar-refractivity contribution in [1.29, 1.82) is 0 Å². The van der Waals surface area contributed by atoms with Gasteiger partial charge in [-0.2, -0.15) is 5.10 Å². The van der Waals surface area contributed by atoms with Crippen molar-refractivity contribution >= 4 is 11.6 Å². The summed E-state index contributed by atoms with van der Waals surface area (Å²) in [4.78, 5) is 4.00. The minimum Gasteiger partial charge on any atom is -0.390 e. The summed E-state index contributed by atoms with van der Waals surface area (Å²) in [6.45, 7) is 2.11. The first-order chi connectivity index (χ1) is 9.66. The van der Waals surface area contributed by atoms with E-state index in [-0.39, 0.29) is 12.0 Å². The summed E-state index contributed by atoms with van der Waals surface area (Å²) in [6.07, 6.45) is 5.09. The van der Waals surface area contributed by atoms with E-state index in [0.29, 0.717) is 10.9 Å². The van der Waals surface area contributed by atoms with Gasteiger partial charge in [-0.1, -0.05) is 30.7 Å². The lowest BCUT2D eigenvalue weighted by Gasteiger charge is -2.28. The van der Waals surface area contributed by atoms with Crippen LogP contribution in [0.3, 0.4) is 0 Å². The molecule has 106 valence electrons. The van der Waals surface area contributed by atoms with Crippen LogP contribution in [0, 0.1) is 11.8 Å². The Labute approximate surface area is 123 Å². The molecule has 4 nitrogen and oxygen atoms in total. The van der Waals surface area contributed by atoms with Gasteiger partial charge in [0.15, 0.2) is 0 Å². The quantitative estimate of drug-likeness (QED) is 0.921. The summed E-state index contributed by atoms with van der Waals surface area (Å²) >= 11 is 5.95. The van der Waals surface area contributed by atoms with Crippen molar-refractivity contribution in [2.24, 2.45) is 11.8 Å². The second kappa shape index (κ2) is 5.54. The molecule has 1 N–H and O–H groups in total. The fourth-order valence-electron chi connectivity index (χ4n) is 2.72. The third kappa shape index (κ3) is 2.72. The highest BCUT2D eigenvalue weighted by Gasteiger charge is 2.37. The molecule has 0 spiro atoms. The maximum absolute atomic E-state index is 10.8. The van der Waals surface area contributed by atoms with Gasteiger partial charge in [-0.3, -0.25) is 0 Å². The molecular weight excluding hydrogens is 274 g/mol. The number of aromatic nitrogens is 3. The first-order valence-electron chi connectivity index (χ1n) is 6.94. The Hall–Kier alpha value is -1.39. The van der Waals surface area contributed by atoms with Crippen LogP contribution in [-0.4, -0.2) is 26.0 Å². The summed E-state index contributed by atoms with van der Waals surface area (Å²) in [5, 5.41) is 15.7. The zero-order chi connectivity index (χ0) is 14.1. The van der Waals surface area contributed by atoms with Crippen LogP contribution in [0.4, 0.5) is 0 Å². The summed E-state index contributed by atoms with van der Waals surface area (Å²) in [5.74, 6) is 0.878. The Balaban J connectivity index is 1.93. The van der Waals surface area contributed by atoms with E-state index in [9.17, 15) is 5.11 Å². The van der Waals surface area contributed by atoms with Gasteiger partial charge in [-0.15, -0.1) is 0 Å². The molecule has 2 aromatic rings. The molecule has 3 atom stereocenters. The highest BCUT2D eigenvalue weighted by Crippen LogP contribution is 2.41. The van der Waals surface area contributed by atoms with Gasteiger partial charge >= 0.3 is 0 Å². The van der Waals surface area contributed by atoms with Crippen molar-refractivity contribution in [3.05, 3.63) is 47.5 Å². The average Bonchev–Trinajstić information content (AvgIpc) is 3.17. The number of halogens is 1. The van der Waals surface area contributed by atoms with Crippen LogP contribution in [0.1, 0.15) is 31.4 Å². The van der Waals surface area contributed by atoms with E-state index < -0.39 is 6.10 Å². The fraction of sp³-hybridized carbons (Fsp3) is 0.467. The molecule has 20 heavy (non-hydrogen) atoms. The maximum atomic E-state index is 10.8. The van der Waals surface area contributed by atoms with E-state index in [0.717, 1.165) is 5.56 Å². The fourth-order valence-corrected chi connectivity index (χ4v) is 2.84. The van der Waals surface area contributed by atoms with E-state index in [1.54, 1.807) is 11.0 Å². The molecular formula is C15H18ClN3O. The number of hydrogen-bond acceptors (Lipinski definition) is 3. The number of benzene rings is 1. The van der Waals surface area contributed by atoms with Gasteiger partial charge in [0.05, 0.1) is 6.10 Å². The molecule has 3 unspecified atom stereocenters. The molecule has 1 aliphatic rings. The SMILES string of the molecule is CC(C1CC1)C(O)C(c1ccc(Cl)cc1)n1cncn1. The lowest BCUT2D eigenvalue weighted by molar-refractivity contribution is 0.0633. The van der Waals surface area contributed by atoms with E-state index >= 15 is 0 Å². The van der Waals surface area contributed by atoms with Crippen molar-refractivity contribution in [3.63, 3.8) is 0 Å². The lowest BCUT2D eigenvalue weighted by atomic mass is 9.89. The van der Waals surface area contributed by atoms with Crippen LogP contribution in [0.15, 0.2) is 36.9 Å². The zero-order valence-corrected chi connectivity index (χ0v) is 12.1. The summed E-state index contributed by atoms with van der Waals surface area (Å²) in [6, 6.07) is 7.35. The van der Waals surface area contributed by atoms with Crippen LogP contribution in [0.2, 0.25) is 5.02 Å². The van der Waals surface area contributed by atoms with Gasteiger partial charge in [0, 0.05) is 5.02 Å². The molecule has 1 aromatic heterocycles. The standard InChI is InChI=1S/C15H18ClN3O/c1-10(11-2-3-11)15(20)14(19-9-17-8-18-19)12-4-6-13(16)7-5-12/h4-11,14-15,20H,2-3H2,1H3. The molecule has 5 heteroatoms. The van der Waals surface area contributed by atoms with Crippen LogP contribution in [0.5, 0.6) is 0 Å². The molecule has 1 heterocycles. The molecule has 0 aliphatic heterocycles. The first kappa shape index (κ1) is 13.6. The Morgan fingerprint density at radius 3 is 2.55 bits per heavy atom. The summed E-state index contributed by atoms with van der Waals surface area (Å²) in [7, 11) is 0. The van der Waals surface area contributed by atoms with Crippen LogP contribution >= 0.6 is 11.6 Å². The van der Waals surface area contributed by atoms with Crippen LogP contribution in [0.25, 0.3) is 0 Å². The molecule has 1 fully saturated rings. The normalized spacial score (nSPS) is 19.6. The first-order valence-corrected chi connectivity index (χ1v) is 7.32. The second-order valence-electron chi connectivity index (χ2n) is 5.56. The van der Waals surface area contributed by atoms with E-state index in [2.05, 4.69) is 17.0 Å². The van der Waals surface area contributed by atoms with Gasteiger partial charge in [-0.25, -0.2) is 9.67 Å². The Morgan fingerprint density at radius 1 is 1.30 bits per heavy atom. The topological polar surface area (TPSA) is 50.9 Å². The predicted octanol–water partition coefficient (Wildman–Crippen LogP) is 2.93. The van der Waals surface area contributed by atoms with Crippen LogP contribution in [-0.2, 0) is 0 Å². The predicted molar refractivity (Wildman–Crippen MR) is 77.5 cm³/mol. The number of hydrogen-bond donors (Lipinski definition) is 1. The summed E-state index contributed by atoms with van der Waals surface area (Å²) < 4.78 is 1.73. The number of aliphatic hydroxyl groups excluding tert-OH is 1. The van der Waals surface area contributed by atoms with Gasteiger partial charge in [0.2, 0.25) is 0 Å². The highest BCUT2D eigenvalue weighted by molar-refractivity contribution is 6.30. The highest BCUT2D eigenvalue weighted by atomic mass is 35.5. The second-order valence-corrected chi connectivity index (χ2v) is 6.00. The lowest BCUT2D eigenvalue weighted by Crippen LogP contribution is -2.32. The van der Waals surface area contributed by atoms with Gasteiger partial charge in [-0.05, 0) is 42.4 Å². The molecule has 0 amide bonds. The third-order valence-corrected chi connectivity index (χ3v) is 4.41. The maximum Gasteiger partial charge on any atom is 0.137 e. The number of aliphatic hydroxyl groups is 1. The third-order valence-electron chi connectivity index (χ3n) is 4.16. The molecule has 0 bridgehead atoms. The monoisotopic (exact) mass is 291 g/mol. The van der Waals surface area contributed by atoms with E-state index in [1.165, 1.54) is 19.2 Å². The van der Waals surface area contributed by atoms with E-state index in [4.69, 9.17) is 11.6 Å². The van der Waals surface area contributed by atoms with Crippen molar-refractivity contribution < 1.29 is 5.11 Å². The largest absolute Gasteiger partial charge is 0.390 e.